The van der Waals surface area contributed by atoms with Crippen LogP contribution in [0.15, 0.2) is 36.9 Å². The second-order valence-electron chi connectivity index (χ2n) is 7.32. The zero-order chi connectivity index (χ0) is 17.4. The van der Waals surface area contributed by atoms with Gasteiger partial charge in [-0.3, -0.25) is 0 Å². The Morgan fingerprint density at radius 3 is 2.72 bits per heavy atom. The molecule has 2 amide bonds. The maximum absolute atomic E-state index is 12.9. The van der Waals surface area contributed by atoms with Gasteiger partial charge >= 0.3 is 6.03 Å². The molecule has 0 saturated heterocycles. The van der Waals surface area contributed by atoms with Gasteiger partial charge in [-0.2, -0.15) is 5.10 Å². The van der Waals surface area contributed by atoms with Crippen molar-refractivity contribution in [2.45, 2.75) is 57.7 Å². The summed E-state index contributed by atoms with van der Waals surface area (Å²) in [7, 11) is 0. The van der Waals surface area contributed by atoms with Gasteiger partial charge in [0.1, 0.15) is 12.7 Å². The number of benzene rings is 1. The van der Waals surface area contributed by atoms with E-state index in [1.807, 2.05) is 31.2 Å². The minimum absolute atomic E-state index is 0.0522. The van der Waals surface area contributed by atoms with Gasteiger partial charge in [-0.25, -0.2) is 14.5 Å². The highest BCUT2D eigenvalue weighted by Gasteiger charge is 2.41. The van der Waals surface area contributed by atoms with E-state index in [-0.39, 0.29) is 12.1 Å². The molecular weight excluding hydrogens is 314 g/mol. The van der Waals surface area contributed by atoms with Gasteiger partial charge < -0.3 is 10.2 Å². The maximum Gasteiger partial charge on any atom is 0.318 e. The Morgan fingerprint density at radius 2 is 2.08 bits per heavy atom. The smallest absolute Gasteiger partial charge is 0.318 e. The van der Waals surface area contributed by atoms with Crippen LogP contribution in [0.25, 0.3) is 5.69 Å². The second kappa shape index (κ2) is 6.50. The van der Waals surface area contributed by atoms with E-state index in [0.29, 0.717) is 18.0 Å². The first-order valence-corrected chi connectivity index (χ1v) is 9.17. The van der Waals surface area contributed by atoms with Gasteiger partial charge in [0, 0.05) is 12.1 Å². The first-order valence-electron chi connectivity index (χ1n) is 9.17. The number of nitrogens with one attached hydrogen (secondary N) is 1. The molecule has 132 valence electrons. The van der Waals surface area contributed by atoms with E-state index in [1.54, 1.807) is 11.0 Å². The number of hydrogen-bond donors (Lipinski definition) is 1. The van der Waals surface area contributed by atoms with E-state index in [4.69, 9.17) is 0 Å². The van der Waals surface area contributed by atoms with E-state index < -0.39 is 0 Å². The summed E-state index contributed by atoms with van der Waals surface area (Å²) in [4.78, 5) is 19.0. The molecule has 0 aliphatic heterocycles. The van der Waals surface area contributed by atoms with Crippen molar-refractivity contribution in [2.24, 2.45) is 5.92 Å². The number of nitrogens with zero attached hydrogens (tertiary/aromatic N) is 4. The number of carbonyl (C=O) groups is 1. The topological polar surface area (TPSA) is 63.1 Å². The van der Waals surface area contributed by atoms with Crippen molar-refractivity contribution in [1.82, 2.24) is 25.0 Å². The van der Waals surface area contributed by atoms with Crippen LogP contribution in [-0.4, -0.2) is 37.8 Å². The Labute approximate surface area is 148 Å². The Bertz CT molecular complexity index is 736. The minimum atomic E-state index is -0.0522. The van der Waals surface area contributed by atoms with Crippen LogP contribution in [0, 0.1) is 5.92 Å². The largest absolute Gasteiger partial charge is 0.331 e. The number of urea groups is 1. The molecule has 2 saturated carbocycles. The molecule has 2 aliphatic rings. The maximum atomic E-state index is 12.9. The molecule has 2 aromatic rings. The molecule has 0 spiro atoms. The molecule has 1 N–H and O–H groups in total. The molecular formula is C19H25N5O. The molecule has 1 aromatic carbocycles. The quantitative estimate of drug-likeness (QED) is 0.878. The number of amides is 2. The molecule has 1 aromatic heterocycles. The highest BCUT2D eigenvalue weighted by molar-refractivity contribution is 5.76. The summed E-state index contributed by atoms with van der Waals surface area (Å²) >= 11 is 0. The average molecular weight is 339 g/mol. The van der Waals surface area contributed by atoms with Crippen LogP contribution in [0.5, 0.6) is 0 Å². The third-order valence-electron chi connectivity index (χ3n) is 5.31. The normalized spacial score (nSPS) is 19.3. The van der Waals surface area contributed by atoms with E-state index in [2.05, 4.69) is 27.2 Å². The van der Waals surface area contributed by atoms with Gasteiger partial charge in [0.15, 0.2) is 0 Å². The van der Waals surface area contributed by atoms with E-state index in [1.165, 1.54) is 19.2 Å². The Morgan fingerprint density at radius 1 is 1.28 bits per heavy atom. The van der Waals surface area contributed by atoms with Crippen molar-refractivity contribution in [3.63, 3.8) is 0 Å². The molecule has 0 radical (unpaired) electrons. The third kappa shape index (κ3) is 3.52. The Hall–Kier alpha value is -2.37. The van der Waals surface area contributed by atoms with Gasteiger partial charge in [0.25, 0.3) is 0 Å². The lowest BCUT2D eigenvalue weighted by atomic mass is 10.1. The van der Waals surface area contributed by atoms with Crippen LogP contribution in [0.3, 0.4) is 0 Å². The highest BCUT2D eigenvalue weighted by atomic mass is 16.2. The lowest BCUT2D eigenvalue weighted by molar-refractivity contribution is 0.164. The number of rotatable bonds is 6. The molecule has 25 heavy (non-hydrogen) atoms. The SMILES string of the molecule is C[C@H](NC(=O)N(C1CC1)[C@H](C)C1CC1)c1cccc(-n2cncn2)c1. The minimum Gasteiger partial charge on any atom is -0.331 e. The predicted octanol–water partition coefficient (Wildman–Crippen LogP) is 3.30. The Balaban J connectivity index is 1.46. The van der Waals surface area contributed by atoms with Crippen molar-refractivity contribution < 1.29 is 4.79 Å². The van der Waals surface area contributed by atoms with Crippen LogP contribution in [-0.2, 0) is 0 Å². The monoisotopic (exact) mass is 339 g/mol. The molecule has 1 heterocycles. The fraction of sp³-hybridized carbons (Fsp3) is 0.526. The van der Waals surface area contributed by atoms with Crippen molar-refractivity contribution in [3.8, 4) is 5.69 Å². The number of carbonyl (C=O) groups excluding carboxylic acids is 1. The van der Waals surface area contributed by atoms with Crippen molar-refractivity contribution in [3.05, 3.63) is 42.5 Å². The van der Waals surface area contributed by atoms with Crippen LogP contribution < -0.4 is 5.32 Å². The van der Waals surface area contributed by atoms with E-state index >= 15 is 0 Å². The summed E-state index contributed by atoms with van der Waals surface area (Å²) in [5.74, 6) is 0.692. The molecule has 4 rings (SSSR count). The van der Waals surface area contributed by atoms with Gasteiger partial charge in [0.05, 0.1) is 11.7 Å². The summed E-state index contributed by atoms with van der Waals surface area (Å²) in [5.41, 5.74) is 2.01. The second-order valence-corrected chi connectivity index (χ2v) is 7.32. The fourth-order valence-corrected chi connectivity index (χ4v) is 3.46. The molecule has 2 atom stereocenters. The van der Waals surface area contributed by atoms with Gasteiger partial charge in [-0.15, -0.1) is 0 Å². The molecule has 0 unspecified atom stereocenters. The third-order valence-corrected chi connectivity index (χ3v) is 5.31. The first kappa shape index (κ1) is 16.1. The molecule has 2 aliphatic carbocycles. The van der Waals surface area contributed by atoms with Crippen molar-refractivity contribution in [2.75, 3.05) is 0 Å². The fourth-order valence-electron chi connectivity index (χ4n) is 3.46. The van der Waals surface area contributed by atoms with Gasteiger partial charge in [-0.05, 0) is 63.1 Å². The lowest BCUT2D eigenvalue weighted by Gasteiger charge is -2.31. The molecule has 6 heteroatoms. The Kier molecular flexibility index (Phi) is 4.19. The molecule has 6 nitrogen and oxygen atoms in total. The molecule has 0 bridgehead atoms. The number of hydrogen-bond acceptors (Lipinski definition) is 3. The van der Waals surface area contributed by atoms with Crippen molar-refractivity contribution >= 4 is 6.03 Å². The van der Waals surface area contributed by atoms with Crippen LogP contribution in [0.2, 0.25) is 0 Å². The van der Waals surface area contributed by atoms with Crippen molar-refractivity contribution in [1.29, 1.82) is 0 Å². The van der Waals surface area contributed by atoms with E-state index in [0.717, 1.165) is 24.1 Å². The molecule has 2 fully saturated rings. The van der Waals surface area contributed by atoms with Gasteiger partial charge in [-0.1, -0.05) is 12.1 Å². The standard InChI is InChI=1S/C19H25N5O/c1-13(16-4-3-5-18(10-16)23-12-20-11-21-23)22-19(25)24(17-8-9-17)14(2)15-6-7-15/h3-5,10-15,17H,6-9H2,1-2H3,(H,22,25)/t13-,14+/m0/s1. The van der Waals surface area contributed by atoms with Gasteiger partial charge in [0.2, 0.25) is 0 Å². The zero-order valence-electron chi connectivity index (χ0n) is 14.8. The summed E-state index contributed by atoms with van der Waals surface area (Å²) in [6.45, 7) is 4.23. The van der Waals surface area contributed by atoms with Crippen LogP contribution in [0.1, 0.15) is 51.1 Å². The van der Waals surface area contributed by atoms with Crippen LogP contribution >= 0.6 is 0 Å². The number of aromatic nitrogens is 3. The lowest BCUT2D eigenvalue weighted by Crippen LogP contribution is -2.47. The summed E-state index contributed by atoms with van der Waals surface area (Å²) in [6.07, 6.45) is 7.99. The summed E-state index contributed by atoms with van der Waals surface area (Å²) in [6, 6.07) is 8.86. The zero-order valence-corrected chi connectivity index (χ0v) is 14.8. The highest BCUT2D eigenvalue weighted by Crippen LogP contribution is 2.39. The van der Waals surface area contributed by atoms with Crippen LogP contribution in [0.4, 0.5) is 4.79 Å². The first-order chi connectivity index (χ1) is 12.1. The average Bonchev–Trinajstić information content (AvgIpc) is 3.54. The van der Waals surface area contributed by atoms with E-state index in [9.17, 15) is 4.79 Å². The predicted molar refractivity (Wildman–Crippen MR) is 95.4 cm³/mol. The summed E-state index contributed by atoms with van der Waals surface area (Å²) in [5, 5.41) is 7.36. The summed E-state index contributed by atoms with van der Waals surface area (Å²) < 4.78 is 1.73.